The van der Waals surface area contributed by atoms with Gasteiger partial charge in [0, 0.05) is 17.9 Å². The van der Waals surface area contributed by atoms with Crippen molar-refractivity contribution in [3.63, 3.8) is 0 Å². The highest BCUT2D eigenvalue weighted by atomic mass is 16.4. The maximum Gasteiger partial charge on any atom is 0.346 e. The Morgan fingerprint density at radius 2 is 1.44 bits per heavy atom. The molecule has 0 fully saturated rings. The number of hydrogen-bond donors (Lipinski definition) is 1. The van der Waals surface area contributed by atoms with E-state index >= 15 is 0 Å². The first-order valence-electron chi connectivity index (χ1n) is 16.2. The number of nitrogens with zero attached hydrogens (tertiary/aromatic N) is 2. The zero-order chi connectivity index (χ0) is 30.4. The van der Waals surface area contributed by atoms with Crippen molar-refractivity contribution < 1.29 is 9.90 Å². The Hall–Kier alpha value is -4.10. The summed E-state index contributed by atoms with van der Waals surface area (Å²) in [6.45, 7) is 5.51. The topological polar surface area (TPSA) is 64.3 Å². The van der Waals surface area contributed by atoms with Gasteiger partial charge in [0.05, 0.1) is 0 Å². The van der Waals surface area contributed by atoms with Crippen LogP contribution in [0.3, 0.4) is 0 Å². The van der Waals surface area contributed by atoms with E-state index in [0.29, 0.717) is 5.56 Å². The second kappa shape index (κ2) is 16.5. The summed E-state index contributed by atoms with van der Waals surface area (Å²) in [5.74, 6) is -1.21. The molecule has 4 nitrogen and oxygen atoms in total. The molecule has 1 aliphatic heterocycles. The standard InChI is InChI=1S/C39H46N2O2/c1-3-5-6-7-8-9-10-13-25-41-37-16-12-11-15-33(37)22-23-35-28-31(19-24-38(35)41)27-34(14-4-2)32-20-17-30(18-21-32)26-36(29-40)39(42)43/h11-12,15-21,24,26-28H,3-10,13-14,22-23,25H2,1-2H3,(H,42,43)/b34-27+,36-26-. The molecule has 1 N–H and O–H groups in total. The second-order valence-corrected chi connectivity index (χ2v) is 11.7. The van der Waals surface area contributed by atoms with Crippen molar-refractivity contribution >= 4 is 35.1 Å². The number of carboxylic acids is 1. The number of aryl methyl sites for hydroxylation is 2. The molecule has 0 saturated carbocycles. The quantitative estimate of drug-likeness (QED) is 0.0849. The summed E-state index contributed by atoms with van der Waals surface area (Å²) in [4.78, 5) is 13.8. The van der Waals surface area contributed by atoms with Crippen LogP contribution in [0.15, 0.2) is 72.3 Å². The zero-order valence-electron chi connectivity index (χ0n) is 25.9. The lowest BCUT2D eigenvalue weighted by molar-refractivity contribution is -0.132. The molecule has 0 atom stereocenters. The Morgan fingerprint density at radius 3 is 2.14 bits per heavy atom. The lowest BCUT2D eigenvalue weighted by atomic mass is 9.96. The van der Waals surface area contributed by atoms with Gasteiger partial charge < -0.3 is 10.0 Å². The number of unbranched alkanes of at least 4 members (excludes halogenated alkanes) is 7. The fourth-order valence-electron chi connectivity index (χ4n) is 6.06. The molecule has 0 bridgehead atoms. The van der Waals surface area contributed by atoms with Crippen molar-refractivity contribution in [3.8, 4) is 6.07 Å². The van der Waals surface area contributed by atoms with Crippen LogP contribution in [0.5, 0.6) is 0 Å². The van der Waals surface area contributed by atoms with Gasteiger partial charge in [-0.15, -0.1) is 0 Å². The number of rotatable bonds is 15. The van der Waals surface area contributed by atoms with Crippen LogP contribution in [0.2, 0.25) is 0 Å². The van der Waals surface area contributed by atoms with Gasteiger partial charge in [-0.1, -0.05) is 120 Å². The summed E-state index contributed by atoms with van der Waals surface area (Å²) in [5, 5.41) is 18.3. The molecule has 43 heavy (non-hydrogen) atoms. The van der Waals surface area contributed by atoms with Gasteiger partial charge in [0.25, 0.3) is 0 Å². The molecule has 4 rings (SSSR count). The van der Waals surface area contributed by atoms with E-state index < -0.39 is 5.97 Å². The number of aliphatic carboxylic acids is 1. The SMILES string of the molecule is CCCCCCCCCCN1c2ccccc2CCc2cc(/C=C(\CCC)c3ccc(/C=C(/C#N)C(=O)O)cc3)ccc21. The van der Waals surface area contributed by atoms with Gasteiger partial charge in [0.15, 0.2) is 0 Å². The van der Waals surface area contributed by atoms with E-state index in [1.54, 1.807) is 6.07 Å². The van der Waals surface area contributed by atoms with E-state index in [0.717, 1.165) is 37.8 Å². The molecule has 0 aliphatic carbocycles. The maximum absolute atomic E-state index is 11.2. The van der Waals surface area contributed by atoms with Crippen LogP contribution >= 0.6 is 0 Å². The Labute approximate surface area is 258 Å². The molecule has 1 heterocycles. The maximum atomic E-state index is 11.2. The predicted octanol–water partition coefficient (Wildman–Crippen LogP) is 10.4. The normalized spacial score (nSPS) is 13.2. The van der Waals surface area contributed by atoms with Crippen LogP contribution in [-0.2, 0) is 17.6 Å². The summed E-state index contributed by atoms with van der Waals surface area (Å²) in [7, 11) is 0. The van der Waals surface area contributed by atoms with E-state index in [2.05, 4.69) is 67.3 Å². The highest BCUT2D eigenvalue weighted by molar-refractivity contribution is 5.96. The number of benzene rings is 3. The van der Waals surface area contributed by atoms with Gasteiger partial charge in [0.1, 0.15) is 11.6 Å². The summed E-state index contributed by atoms with van der Waals surface area (Å²) in [6, 6.07) is 25.4. The molecule has 0 radical (unpaired) electrons. The van der Waals surface area contributed by atoms with Crippen LogP contribution in [0.4, 0.5) is 11.4 Å². The second-order valence-electron chi connectivity index (χ2n) is 11.7. The molecule has 1 aliphatic rings. The number of allylic oxidation sites excluding steroid dienone is 1. The van der Waals surface area contributed by atoms with Crippen molar-refractivity contribution in [2.75, 3.05) is 11.4 Å². The third kappa shape index (κ3) is 8.94. The minimum atomic E-state index is -1.21. The van der Waals surface area contributed by atoms with Crippen LogP contribution in [0.1, 0.15) is 106 Å². The molecular formula is C39H46N2O2. The van der Waals surface area contributed by atoms with E-state index in [9.17, 15) is 9.90 Å². The third-order valence-corrected chi connectivity index (χ3v) is 8.38. The minimum absolute atomic E-state index is 0.263. The molecule has 0 aromatic heterocycles. The predicted molar refractivity (Wildman–Crippen MR) is 180 cm³/mol. The largest absolute Gasteiger partial charge is 0.477 e. The number of para-hydroxylation sites is 1. The fourth-order valence-corrected chi connectivity index (χ4v) is 6.06. The number of hydrogen-bond acceptors (Lipinski definition) is 3. The first kappa shape index (κ1) is 31.8. The van der Waals surface area contributed by atoms with Crippen LogP contribution < -0.4 is 4.90 Å². The molecule has 0 spiro atoms. The Bertz CT molecular complexity index is 1460. The number of fused-ring (bicyclic) bond motifs is 2. The highest BCUT2D eigenvalue weighted by Crippen LogP contribution is 2.37. The monoisotopic (exact) mass is 574 g/mol. The highest BCUT2D eigenvalue weighted by Gasteiger charge is 2.20. The van der Waals surface area contributed by atoms with Crippen molar-refractivity contribution in [1.82, 2.24) is 0 Å². The lowest BCUT2D eigenvalue weighted by Gasteiger charge is -2.27. The molecule has 0 unspecified atom stereocenters. The van der Waals surface area contributed by atoms with E-state index in [1.807, 2.05) is 24.3 Å². The minimum Gasteiger partial charge on any atom is -0.477 e. The Balaban J connectivity index is 1.54. The third-order valence-electron chi connectivity index (χ3n) is 8.38. The molecule has 0 amide bonds. The van der Waals surface area contributed by atoms with Gasteiger partial charge in [0.2, 0.25) is 0 Å². The summed E-state index contributed by atoms with van der Waals surface area (Å²) < 4.78 is 0. The number of carboxylic acid groups (broad SMARTS) is 1. The van der Waals surface area contributed by atoms with Crippen molar-refractivity contribution in [3.05, 3.63) is 100 Å². The lowest BCUT2D eigenvalue weighted by Crippen LogP contribution is -2.19. The molecule has 3 aromatic carbocycles. The van der Waals surface area contributed by atoms with E-state index in [4.69, 9.17) is 5.26 Å². The van der Waals surface area contributed by atoms with E-state index in [-0.39, 0.29) is 5.57 Å². The average molecular weight is 575 g/mol. The van der Waals surface area contributed by atoms with Gasteiger partial charge in [-0.05, 0) is 83.3 Å². The Morgan fingerprint density at radius 1 is 0.791 bits per heavy atom. The Kier molecular flexibility index (Phi) is 12.2. The fraction of sp³-hybridized carbons (Fsp3) is 0.385. The molecule has 0 saturated heterocycles. The summed E-state index contributed by atoms with van der Waals surface area (Å²) in [5.41, 5.74) is 9.55. The van der Waals surface area contributed by atoms with Crippen molar-refractivity contribution in [2.45, 2.75) is 90.9 Å². The van der Waals surface area contributed by atoms with Gasteiger partial charge in [-0.2, -0.15) is 5.26 Å². The van der Waals surface area contributed by atoms with Crippen molar-refractivity contribution in [2.24, 2.45) is 0 Å². The van der Waals surface area contributed by atoms with Crippen molar-refractivity contribution in [1.29, 1.82) is 5.26 Å². The van der Waals surface area contributed by atoms with Crippen LogP contribution in [0, 0.1) is 11.3 Å². The summed E-state index contributed by atoms with van der Waals surface area (Å²) in [6.07, 6.45) is 18.3. The average Bonchev–Trinajstić information content (AvgIpc) is 3.17. The van der Waals surface area contributed by atoms with Crippen LogP contribution in [-0.4, -0.2) is 17.6 Å². The molecule has 224 valence electrons. The van der Waals surface area contributed by atoms with Crippen LogP contribution in [0.25, 0.3) is 17.7 Å². The zero-order valence-corrected chi connectivity index (χ0v) is 25.9. The van der Waals surface area contributed by atoms with E-state index in [1.165, 1.54) is 91.1 Å². The van der Waals surface area contributed by atoms with Gasteiger partial charge in [-0.25, -0.2) is 4.79 Å². The first-order chi connectivity index (χ1) is 21.0. The number of anilines is 2. The molecular weight excluding hydrogens is 528 g/mol. The molecule has 3 aromatic rings. The van der Waals surface area contributed by atoms with Gasteiger partial charge >= 0.3 is 5.97 Å². The molecule has 4 heteroatoms. The number of carbonyl (C=O) groups is 1. The number of nitriles is 1. The summed E-state index contributed by atoms with van der Waals surface area (Å²) >= 11 is 0. The smallest absolute Gasteiger partial charge is 0.346 e. The first-order valence-corrected chi connectivity index (χ1v) is 16.2. The van der Waals surface area contributed by atoms with Gasteiger partial charge in [-0.3, -0.25) is 0 Å².